The molecule has 0 unspecified atom stereocenters. The third-order valence-electron chi connectivity index (χ3n) is 3.17. The highest BCUT2D eigenvalue weighted by atomic mass is 16.2. The Morgan fingerprint density at radius 3 is 2.71 bits per heavy atom. The second kappa shape index (κ2) is 6.88. The minimum Gasteiger partial charge on any atom is -0.356 e. The van der Waals surface area contributed by atoms with Crippen molar-refractivity contribution in [2.45, 2.75) is 26.7 Å². The largest absolute Gasteiger partial charge is 0.356 e. The average Bonchev–Trinajstić information content (AvgIpc) is 2.84. The van der Waals surface area contributed by atoms with Crippen molar-refractivity contribution in [3.63, 3.8) is 0 Å². The first-order valence-corrected chi connectivity index (χ1v) is 7.12. The van der Waals surface area contributed by atoms with Crippen LogP contribution in [0.1, 0.15) is 36.5 Å². The lowest BCUT2D eigenvalue weighted by atomic mass is 10.2. The number of nitrogens with one attached hydrogen (secondary N) is 2. The van der Waals surface area contributed by atoms with Gasteiger partial charge in [0.1, 0.15) is 11.3 Å². The summed E-state index contributed by atoms with van der Waals surface area (Å²) in [5, 5.41) is 5.57. The summed E-state index contributed by atoms with van der Waals surface area (Å²) in [4.78, 5) is 27.5. The van der Waals surface area contributed by atoms with Gasteiger partial charge in [-0.3, -0.25) is 14.0 Å². The highest BCUT2D eigenvalue weighted by Crippen LogP contribution is 2.13. The summed E-state index contributed by atoms with van der Waals surface area (Å²) in [7, 11) is 0. The molecule has 0 aliphatic heterocycles. The van der Waals surface area contributed by atoms with Gasteiger partial charge in [0.25, 0.3) is 5.91 Å². The lowest BCUT2D eigenvalue weighted by Crippen LogP contribution is -2.30. The molecule has 21 heavy (non-hydrogen) atoms. The number of amides is 2. The number of aryl methyl sites for hydroxylation is 1. The number of fused-ring (bicyclic) bond motifs is 1. The van der Waals surface area contributed by atoms with Gasteiger partial charge in [-0.2, -0.15) is 0 Å². The van der Waals surface area contributed by atoms with Gasteiger partial charge in [-0.25, -0.2) is 4.98 Å². The maximum Gasteiger partial charge on any atom is 0.270 e. The van der Waals surface area contributed by atoms with Crippen molar-refractivity contribution < 1.29 is 9.59 Å². The highest BCUT2D eigenvalue weighted by Gasteiger charge is 2.17. The van der Waals surface area contributed by atoms with Crippen LogP contribution in [0, 0.1) is 0 Å². The van der Waals surface area contributed by atoms with Crippen LogP contribution >= 0.6 is 0 Å². The number of hydrogen-bond donors (Lipinski definition) is 2. The topological polar surface area (TPSA) is 75.5 Å². The Morgan fingerprint density at radius 2 is 2.00 bits per heavy atom. The van der Waals surface area contributed by atoms with Gasteiger partial charge in [-0.05, 0) is 25.0 Å². The third-order valence-corrected chi connectivity index (χ3v) is 3.17. The second-order valence-electron chi connectivity index (χ2n) is 4.78. The molecule has 6 nitrogen and oxygen atoms in total. The van der Waals surface area contributed by atoms with Crippen molar-refractivity contribution in [1.29, 1.82) is 0 Å². The summed E-state index contributed by atoms with van der Waals surface area (Å²) in [5.41, 5.74) is 2.16. The van der Waals surface area contributed by atoms with Crippen LogP contribution in [0.5, 0.6) is 0 Å². The van der Waals surface area contributed by atoms with Gasteiger partial charge in [0.05, 0.1) is 5.69 Å². The molecule has 0 aliphatic carbocycles. The van der Waals surface area contributed by atoms with E-state index in [9.17, 15) is 9.59 Å². The minimum absolute atomic E-state index is 0.0589. The van der Waals surface area contributed by atoms with Crippen molar-refractivity contribution in [2.24, 2.45) is 0 Å². The second-order valence-corrected chi connectivity index (χ2v) is 4.78. The maximum atomic E-state index is 12.3. The fraction of sp³-hybridized carbons (Fsp3) is 0.400. The van der Waals surface area contributed by atoms with E-state index in [0.29, 0.717) is 31.6 Å². The first kappa shape index (κ1) is 15.0. The fourth-order valence-corrected chi connectivity index (χ4v) is 2.17. The van der Waals surface area contributed by atoms with Crippen molar-refractivity contribution in [1.82, 2.24) is 20.0 Å². The number of pyridine rings is 1. The van der Waals surface area contributed by atoms with Crippen LogP contribution in [-0.4, -0.2) is 34.3 Å². The zero-order valence-corrected chi connectivity index (χ0v) is 12.3. The molecule has 0 fully saturated rings. The molecule has 112 valence electrons. The molecule has 0 saturated heterocycles. The van der Waals surface area contributed by atoms with E-state index in [4.69, 9.17) is 0 Å². The molecule has 0 radical (unpaired) electrons. The molecule has 0 spiro atoms. The van der Waals surface area contributed by atoms with E-state index < -0.39 is 0 Å². The van der Waals surface area contributed by atoms with E-state index in [1.54, 1.807) is 0 Å². The number of imidazole rings is 1. The van der Waals surface area contributed by atoms with E-state index in [2.05, 4.69) is 15.6 Å². The molecule has 2 N–H and O–H groups in total. The van der Waals surface area contributed by atoms with Gasteiger partial charge in [-0.15, -0.1) is 0 Å². The molecule has 2 rings (SSSR count). The number of nitrogens with zero attached hydrogens (tertiary/aromatic N) is 2. The average molecular weight is 288 g/mol. The molecule has 0 aliphatic rings. The van der Waals surface area contributed by atoms with Gasteiger partial charge in [0.2, 0.25) is 5.91 Å². The Morgan fingerprint density at radius 1 is 1.24 bits per heavy atom. The number of carbonyl (C=O) groups excluding carboxylic acids is 2. The quantitative estimate of drug-likeness (QED) is 0.783. The van der Waals surface area contributed by atoms with Gasteiger partial charge in [-0.1, -0.05) is 13.0 Å². The van der Waals surface area contributed by atoms with E-state index in [-0.39, 0.29) is 11.8 Å². The van der Waals surface area contributed by atoms with Crippen molar-refractivity contribution in [3.05, 3.63) is 35.8 Å². The summed E-state index contributed by atoms with van der Waals surface area (Å²) in [5.74, 6) is -0.190. The van der Waals surface area contributed by atoms with Crippen molar-refractivity contribution in [3.8, 4) is 0 Å². The fourth-order valence-electron chi connectivity index (χ4n) is 2.17. The molecule has 2 aromatic rings. The molecule has 0 saturated carbocycles. The van der Waals surface area contributed by atoms with Crippen LogP contribution in [0.3, 0.4) is 0 Å². The van der Waals surface area contributed by atoms with Gasteiger partial charge in [0, 0.05) is 26.2 Å². The van der Waals surface area contributed by atoms with Gasteiger partial charge in [0.15, 0.2) is 0 Å². The van der Waals surface area contributed by atoms with Crippen LogP contribution < -0.4 is 10.6 Å². The summed E-state index contributed by atoms with van der Waals surface area (Å²) in [6.45, 7) is 4.53. The Bertz CT molecular complexity index is 648. The zero-order chi connectivity index (χ0) is 15.2. The first-order valence-electron chi connectivity index (χ1n) is 7.12. The first-order chi connectivity index (χ1) is 10.1. The van der Waals surface area contributed by atoms with Crippen molar-refractivity contribution >= 4 is 17.5 Å². The molecular weight excluding hydrogens is 268 g/mol. The van der Waals surface area contributed by atoms with E-state index in [1.165, 1.54) is 6.92 Å². The number of aromatic nitrogens is 2. The summed E-state index contributed by atoms with van der Waals surface area (Å²) in [6, 6.07) is 5.66. The lowest BCUT2D eigenvalue weighted by Gasteiger charge is -2.07. The maximum absolute atomic E-state index is 12.3. The molecule has 6 heteroatoms. The summed E-state index contributed by atoms with van der Waals surface area (Å²) in [6.07, 6.45) is 3.24. The Kier molecular flexibility index (Phi) is 4.92. The van der Waals surface area contributed by atoms with Crippen LogP contribution in [-0.2, 0) is 11.2 Å². The van der Waals surface area contributed by atoms with E-state index in [1.807, 2.05) is 35.7 Å². The minimum atomic E-state index is -0.131. The van der Waals surface area contributed by atoms with Crippen LogP contribution in [0.2, 0.25) is 0 Å². The number of rotatable bonds is 6. The predicted molar refractivity (Wildman–Crippen MR) is 80.2 cm³/mol. The molecule has 0 aromatic carbocycles. The van der Waals surface area contributed by atoms with Crippen LogP contribution in [0.25, 0.3) is 5.65 Å². The monoisotopic (exact) mass is 288 g/mol. The van der Waals surface area contributed by atoms with Crippen molar-refractivity contribution in [2.75, 3.05) is 13.1 Å². The molecule has 0 atom stereocenters. The molecule has 2 aromatic heterocycles. The predicted octanol–water partition coefficient (Wildman–Crippen LogP) is 1.15. The Balaban J connectivity index is 2.03. The standard InChI is InChI=1S/C15H20N4O2/c1-3-12-14(19-10-5-4-7-13(19)18-12)15(21)17-9-6-8-16-11(2)20/h4-5,7,10H,3,6,8-9H2,1-2H3,(H,16,20)(H,17,21). The molecular formula is C15H20N4O2. The van der Waals surface area contributed by atoms with Crippen LogP contribution in [0.15, 0.2) is 24.4 Å². The smallest absolute Gasteiger partial charge is 0.270 e. The van der Waals surface area contributed by atoms with Crippen LogP contribution in [0.4, 0.5) is 0 Å². The SMILES string of the molecule is CCc1nc2ccccn2c1C(=O)NCCCNC(C)=O. The zero-order valence-electron chi connectivity index (χ0n) is 12.3. The summed E-state index contributed by atoms with van der Waals surface area (Å²) < 4.78 is 1.81. The normalized spacial score (nSPS) is 10.6. The third kappa shape index (κ3) is 3.59. The van der Waals surface area contributed by atoms with E-state index >= 15 is 0 Å². The van der Waals surface area contributed by atoms with E-state index in [0.717, 1.165) is 11.3 Å². The van der Waals surface area contributed by atoms with Gasteiger partial charge < -0.3 is 10.6 Å². The number of hydrogen-bond acceptors (Lipinski definition) is 3. The Labute approximate surface area is 123 Å². The number of carbonyl (C=O) groups is 2. The van der Waals surface area contributed by atoms with Gasteiger partial charge >= 0.3 is 0 Å². The molecule has 2 amide bonds. The summed E-state index contributed by atoms with van der Waals surface area (Å²) >= 11 is 0. The molecule has 2 heterocycles. The lowest BCUT2D eigenvalue weighted by molar-refractivity contribution is -0.118. The molecule has 0 bridgehead atoms. The highest BCUT2D eigenvalue weighted by molar-refractivity contribution is 5.94. The Hall–Kier alpha value is -2.37.